The molecule has 0 heterocycles. The van der Waals surface area contributed by atoms with Crippen molar-refractivity contribution in [3.8, 4) is 0 Å². The van der Waals surface area contributed by atoms with Crippen molar-refractivity contribution in [3.05, 3.63) is 65.7 Å². The fourth-order valence-corrected chi connectivity index (χ4v) is 1.74. The molecule has 0 saturated heterocycles. The Labute approximate surface area is 118 Å². The highest BCUT2D eigenvalue weighted by Gasteiger charge is 1.95. The second kappa shape index (κ2) is 6.66. The highest BCUT2D eigenvalue weighted by atomic mass is 32.1. The summed E-state index contributed by atoms with van der Waals surface area (Å²) in [5, 5.41) is 7.64. The molecule has 0 spiro atoms. The average Bonchev–Trinajstić information content (AvgIpc) is 2.42. The van der Waals surface area contributed by atoms with Gasteiger partial charge in [-0.05, 0) is 42.4 Å². The summed E-state index contributed by atoms with van der Waals surface area (Å²) in [5.41, 5.74) is 5.98. The van der Waals surface area contributed by atoms with Gasteiger partial charge in [0.15, 0.2) is 5.11 Å². The Morgan fingerprint density at radius 3 is 2.47 bits per heavy atom. The Balaban J connectivity index is 1.89. The molecular weight excluding hydrogens is 254 g/mol. The molecule has 0 aromatic heterocycles. The number of anilines is 1. The first kappa shape index (κ1) is 13.2. The SMILES string of the molecule is Cc1ccccc1C=NNC(=S)Nc1ccccc1. The Hall–Kier alpha value is -2.20. The molecule has 0 aliphatic rings. The molecule has 3 nitrogen and oxygen atoms in total. The smallest absolute Gasteiger partial charge is 0.191 e. The number of thiocarbonyl (C=S) groups is 1. The Kier molecular flexibility index (Phi) is 4.64. The van der Waals surface area contributed by atoms with E-state index in [1.54, 1.807) is 6.21 Å². The van der Waals surface area contributed by atoms with Gasteiger partial charge in [0.1, 0.15) is 0 Å². The molecule has 0 atom stereocenters. The fraction of sp³-hybridized carbons (Fsp3) is 0.0667. The van der Waals surface area contributed by atoms with E-state index in [-0.39, 0.29) is 0 Å². The first-order chi connectivity index (χ1) is 9.25. The zero-order valence-electron chi connectivity index (χ0n) is 10.6. The lowest BCUT2D eigenvalue weighted by atomic mass is 10.1. The van der Waals surface area contributed by atoms with Crippen molar-refractivity contribution < 1.29 is 0 Å². The van der Waals surface area contributed by atoms with Crippen LogP contribution in [0.4, 0.5) is 5.69 Å². The lowest BCUT2D eigenvalue weighted by Crippen LogP contribution is -2.23. The number of hydrazone groups is 1. The minimum Gasteiger partial charge on any atom is -0.331 e. The predicted octanol–water partition coefficient (Wildman–Crippen LogP) is 3.32. The normalized spacial score (nSPS) is 10.4. The molecule has 0 unspecified atom stereocenters. The van der Waals surface area contributed by atoms with Crippen molar-refractivity contribution in [1.29, 1.82) is 0 Å². The quantitative estimate of drug-likeness (QED) is 0.510. The topological polar surface area (TPSA) is 36.4 Å². The van der Waals surface area contributed by atoms with E-state index in [1.807, 2.05) is 61.5 Å². The molecule has 2 aromatic rings. The average molecular weight is 269 g/mol. The van der Waals surface area contributed by atoms with Gasteiger partial charge in [0, 0.05) is 5.69 Å². The standard InChI is InChI=1S/C15H15N3S/c1-12-7-5-6-8-13(12)11-16-18-15(19)17-14-9-3-2-4-10-14/h2-11H,1H3,(H2,17,18,19). The number of hydrogen-bond acceptors (Lipinski definition) is 2. The van der Waals surface area contributed by atoms with E-state index in [0.717, 1.165) is 11.3 Å². The van der Waals surface area contributed by atoms with Gasteiger partial charge in [-0.25, -0.2) is 0 Å². The number of rotatable bonds is 3. The zero-order valence-corrected chi connectivity index (χ0v) is 11.4. The number of nitrogens with zero attached hydrogens (tertiary/aromatic N) is 1. The van der Waals surface area contributed by atoms with Crippen molar-refractivity contribution in [2.75, 3.05) is 5.32 Å². The largest absolute Gasteiger partial charge is 0.331 e. The number of hydrogen-bond donors (Lipinski definition) is 2. The second-order valence-corrected chi connectivity index (χ2v) is 4.45. The van der Waals surface area contributed by atoms with Crippen LogP contribution in [0.2, 0.25) is 0 Å². The molecule has 2 rings (SSSR count). The van der Waals surface area contributed by atoms with Crippen molar-refractivity contribution in [2.24, 2.45) is 5.10 Å². The van der Waals surface area contributed by atoms with Gasteiger partial charge in [-0.3, -0.25) is 5.43 Å². The first-order valence-corrected chi connectivity index (χ1v) is 6.37. The molecule has 0 amide bonds. The second-order valence-electron chi connectivity index (χ2n) is 4.05. The van der Waals surface area contributed by atoms with E-state index in [4.69, 9.17) is 12.2 Å². The maximum Gasteiger partial charge on any atom is 0.191 e. The molecule has 96 valence electrons. The van der Waals surface area contributed by atoms with Crippen LogP contribution < -0.4 is 10.7 Å². The van der Waals surface area contributed by atoms with E-state index >= 15 is 0 Å². The van der Waals surface area contributed by atoms with Crippen LogP contribution in [-0.2, 0) is 0 Å². The van der Waals surface area contributed by atoms with E-state index in [2.05, 4.69) is 15.8 Å². The predicted molar refractivity (Wildman–Crippen MR) is 84.6 cm³/mol. The summed E-state index contributed by atoms with van der Waals surface area (Å²) in [6.45, 7) is 2.04. The van der Waals surface area contributed by atoms with E-state index in [0.29, 0.717) is 5.11 Å². The Morgan fingerprint density at radius 2 is 1.74 bits per heavy atom. The third-order valence-electron chi connectivity index (χ3n) is 2.59. The number of benzene rings is 2. The van der Waals surface area contributed by atoms with Crippen LogP contribution in [-0.4, -0.2) is 11.3 Å². The van der Waals surface area contributed by atoms with Gasteiger partial charge in [0.05, 0.1) is 6.21 Å². The third-order valence-corrected chi connectivity index (χ3v) is 2.78. The monoisotopic (exact) mass is 269 g/mol. The molecule has 2 N–H and O–H groups in total. The van der Waals surface area contributed by atoms with Crippen LogP contribution >= 0.6 is 12.2 Å². The number of aryl methyl sites for hydroxylation is 1. The Morgan fingerprint density at radius 1 is 1.05 bits per heavy atom. The number of para-hydroxylation sites is 1. The molecule has 0 saturated carbocycles. The van der Waals surface area contributed by atoms with Gasteiger partial charge in [-0.2, -0.15) is 5.10 Å². The van der Waals surface area contributed by atoms with Gasteiger partial charge in [-0.15, -0.1) is 0 Å². The summed E-state index contributed by atoms with van der Waals surface area (Å²) in [6.07, 6.45) is 1.76. The molecule has 4 heteroatoms. The maximum atomic E-state index is 5.15. The van der Waals surface area contributed by atoms with Gasteiger partial charge in [0.2, 0.25) is 0 Å². The van der Waals surface area contributed by atoms with Crippen LogP contribution in [0.3, 0.4) is 0 Å². The van der Waals surface area contributed by atoms with Gasteiger partial charge in [-0.1, -0.05) is 42.5 Å². The van der Waals surface area contributed by atoms with Crippen molar-refractivity contribution >= 4 is 29.2 Å². The van der Waals surface area contributed by atoms with Crippen LogP contribution in [0.1, 0.15) is 11.1 Å². The lowest BCUT2D eigenvalue weighted by molar-refractivity contribution is 1.05. The number of nitrogens with one attached hydrogen (secondary N) is 2. The summed E-state index contributed by atoms with van der Waals surface area (Å²) in [4.78, 5) is 0. The summed E-state index contributed by atoms with van der Waals surface area (Å²) in [7, 11) is 0. The lowest BCUT2D eigenvalue weighted by Gasteiger charge is -2.06. The fourth-order valence-electron chi connectivity index (χ4n) is 1.57. The van der Waals surface area contributed by atoms with Crippen molar-refractivity contribution in [2.45, 2.75) is 6.92 Å². The minimum atomic E-state index is 0.469. The summed E-state index contributed by atoms with van der Waals surface area (Å²) < 4.78 is 0. The van der Waals surface area contributed by atoms with Crippen molar-refractivity contribution in [1.82, 2.24) is 5.43 Å². The molecule has 0 fully saturated rings. The summed E-state index contributed by atoms with van der Waals surface area (Å²) >= 11 is 5.15. The van der Waals surface area contributed by atoms with E-state index in [1.165, 1.54) is 5.56 Å². The molecule has 19 heavy (non-hydrogen) atoms. The van der Waals surface area contributed by atoms with E-state index < -0.39 is 0 Å². The molecule has 0 bridgehead atoms. The van der Waals surface area contributed by atoms with Gasteiger partial charge < -0.3 is 5.32 Å². The summed E-state index contributed by atoms with van der Waals surface area (Å²) in [6, 6.07) is 17.8. The molecule has 0 radical (unpaired) electrons. The van der Waals surface area contributed by atoms with Crippen LogP contribution in [0.25, 0.3) is 0 Å². The van der Waals surface area contributed by atoms with Crippen LogP contribution in [0, 0.1) is 6.92 Å². The zero-order chi connectivity index (χ0) is 13.5. The Bertz CT molecular complexity index is 579. The first-order valence-electron chi connectivity index (χ1n) is 5.96. The summed E-state index contributed by atoms with van der Waals surface area (Å²) in [5.74, 6) is 0. The van der Waals surface area contributed by atoms with Gasteiger partial charge in [0.25, 0.3) is 0 Å². The van der Waals surface area contributed by atoms with E-state index in [9.17, 15) is 0 Å². The molecule has 0 aliphatic heterocycles. The molecule has 0 aliphatic carbocycles. The van der Waals surface area contributed by atoms with Crippen LogP contribution in [0.5, 0.6) is 0 Å². The highest BCUT2D eigenvalue weighted by Crippen LogP contribution is 2.05. The highest BCUT2D eigenvalue weighted by molar-refractivity contribution is 7.80. The molecule has 2 aromatic carbocycles. The third kappa shape index (κ3) is 4.19. The van der Waals surface area contributed by atoms with Gasteiger partial charge >= 0.3 is 0 Å². The van der Waals surface area contributed by atoms with Crippen LogP contribution in [0.15, 0.2) is 59.7 Å². The maximum absolute atomic E-state index is 5.15. The molecular formula is C15H15N3S. The minimum absolute atomic E-state index is 0.469. The van der Waals surface area contributed by atoms with Crippen molar-refractivity contribution in [3.63, 3.8) is 0 Å².